The summed E-state index contributed by atoms with van der Waals surface area (Å²) in [6.07, 6.45) is 11.1. The number of rotatable bonds is 9. The number of hydrogen-bond donors (Lipinski definition) is 1. The lowest BCUT2D eigenvalue weighted by atomic mass is 9.81. The molecule has 6 nitrogen and oxygen atoms in total. The molecule has 1 saturated heterocycles. The normalized spacial score (nSPS) is 16.7. The molecule has 8 heteroatoms. The van der Waals surface area contributed by atoms with E-state index >= 15 is 0 Å². The Labute approximate surface area is 285 Å². The Kier molecular flexibility index (Phi) is 11.6. The molecule has 0 amide bonds. The van der Waals surface area contributed by atoms with Crippen molar-refractivity contribution in [1.29, 1.82) is 0 Å². The van der Waals surface area contributed by atoms with Gasteiger partial charge in [0.05, 0.1) is 23.5 Å². The van der Waals surface area contributed by atoms with Crippen LogP contribution in [0.15, 0.2) is 66.7 Å². The second-order valence-electron chi connectivity index (χ2n) is 12.9. The van der Waals surface area contributed by atoms with Gasteiger partial charge in [0.2, 0.25) is 0 Å². The summed E-state index contributed by atoms with van der Waals surface area (Å²) in [5.41, 5.74) is 7.68. The zero-order chi connectivity index (χ0) is 29.9. The minimum absolute atomic E-state index is 0. The highest BCUT2D eigenvalue weighted by Crippen LogP contribution is 2.49. The van der Waals surface area contributed by atoms with Crippen molar-refractivity contribution in [3.05, 3.63) is 83.4 Å². The first-order chi connectivity index (χ1) is 21.7. The molecule has 2 aliphatic heterocycles. The number of carboxylic acid groups (broad SMARTS) is 1. The SMILES string of the molecule is Cl.Cl.O=C(O)c1ccc2c(C3CCCCC3)c3n(c2c1)CCOc1c-3cccc1N(CCc1ccccc1)CCN1CCCCC1. The lowest BCUT2D eigenvalue weighted by Gasteiger charge is -2.32. The summed E-state index contributed by atoms with van der Waals surface area (Å²) in [4.78, 5) is 17.2. The molecule has 0 bridgehead atoms. The number of piperidine rings is 1. The van der Waals surface area contributed by atoms with Crippen LogP contribution in [0.1, 0.15) is 78.8 Å². The van der Waals surface area contributed by atoms with Gasteiger partial charge in [-0.2, -0.15) is 0 Å². The molecule has 2 fully saturated rings. The number of nitrogens with zero attached hydrogens (tertiary/aromatic N) is 3. The van der Waals surface area contributed by atoms with Gasteiger partial charge in [0.1, 0.15) is 6.61 Å². The first-order valence-corrected chi connectivity index (χ1v) is 16.8. The van der Waals surface area contributed by atoms with E-state index in [1.54, 1.807) is 6.07 Å². The fourth-order valence-corrected chi connectivity index (χ4v) is 7.89. The first-order valence-electron chi connectivity index (χ1n) is 16.8. The van der Waals surface area contributed by atoms with Crippen molar-refractivity contribution in [2.45, 2.75) is 70.3 Å². The van der Waals surface area contributed by atoms with Crippen molar-refractivity contribution >= 4 is 47.4 Å². The number of hydrogen-bond acceptors (Lipinski definition) is 4. The monoisotopic (exact) mass is 663 g/mol. The topological polar surface area (TPSA) is 57.9 Å². The summed E-state index contributed by atoms with van der Waals surface area (Å²) in [5, 5.41) is 11.1. The van der Waals surface area contributed by atoms with Crippen molar-refractivity contribution in [3.8, 4) is 17.0 Å². The molecule has 4 aromatic rings. The van der Waals surface area contributed by atoms with E-state index in [0.29, 0.717) is 24.6 Å². The standard InChI is InChI=1S/C38H45N3O3.2ClH/c42-38(43)30-17-18-31-34(27-30)41-25-26-44-37-32(36(41)35(31)29-13-6-2-7-14-29)15-10-16-33(37)40(22-19-28-11-4-1-5-12-28)24-23-39-20-8-3-9-21-39;;/h1,4-5,10-12,15-18,27,29H,2-3,6-9,13-14,19-26H2,(H,42,43);2*1H. The van der Waals surface area contributed by atoms with E-state index in [1.165, 1.54) is 92.4 Å². The van der Waals surface area contributed by atoms with E-state index in [-0.39, 0.29) is 24.8 Å². The smallest absolute Gasteiger partial charge is 0.335 e. The Morgan fingerprint density at radius 3 is 2.37 bits per heavy atom. The average Bonchev–Trinajstić information content (AvgIpc) is 3.26. The second-order valence-corrected chi connectivity index (χ2v) is 12.9. The molecule has 0 radical (unpaired) electrons. The Hall–Kier alpha value is -3.19. The Morgan fingerprint density at radius 2 is 1.61 bits per heavy atom. The maximum Gasteiger partial charge on any atom is 0.335 e. The number of fused-ring (bicyclic) bond motifs is 5. The van der Waals surface area contributed by atoms with Gasteiger partial charge in [-0.25, -0.2) is 4.79 Å². The molecule has 1 aromatic heterocycles. The molecule has 7 rings (SSSR count). The number of carbonyl (C=O) groups is 1. The number of para-hydroxylation sites is 1. The maximum atomic E-state index is 12.0. The summed E-state index contributed by atoms with van der Waals surface area (Å²) >= 11 is 0. The van der Waals surface area contributed by atoms with Crippen LogP contribution in [0.4, 0.5) is 5.69 Å². The summed E-state index contributed by atoms with van der Waals surface area (Å²) in [5.74, 6) is 0.578. The van der Waals surface area contributed by atoms with Crippen molar-refractivity contribution in [1.82, 2.24) is 9.47 Å². The van der Waals surface area contributed by atoms with Gasteiger partial charge >= 0.3 is 5.97 Å². The molecule has 1 N–H and O–H groups in total. The second kappa shape index (κ2) is 15.6. The van der Waals surface area contributed by atoms with Gasteiger partial charge in [0.15, 0.2) is 5.75 Å². The third-order valence-corrected chi connectivity index (χ3v) is 10.2. The number of aromatic carboxylic acids is 1. The predicted octanol–water partition coefficient (Wildman–Crippen LogP) is 8.83. The van der Waals surface area contributed by atoms with Crippen LogP contribution < -0.4 is 9.64 Å². The predicted molar refractivity (Wildman–Crippen MR) is 193 cm³/mol. The van der Waals surface area contributed by atoms with Crippen LogP contribution in [0, 0.1) is 0 Å². The third-order valence-electron chi connectivity index (χ3n) is 10.2. The molecule has 1 aliphatic carbocycles. The van der Waals surface area contributed by atoms with E-state index in [1.807, 2.05) is 6.07 Å². The number of ether oxygens (including phenoxy) is 1. The quantitative estimate of drug-likeness (QED) is 0.194. The molecular weight excluding hydrogens is 617 g/mol. The van der Waals surface area contributed by atoms with Gasteiger partial charge in [-0.15, -0.1) is 24.8 Å². The molecule has 1 saturated carbocycles. The molecule has 0 spiro atoms. The third kappa shape index (κ3) is 7.05. The summed E-state index contributed by atoms with van der Waals surface area (Å²) in [6.45, 7) is 6.60. The van der Waals surface area contributed by atoms with Crippen LogP contribution in [0.25, 0.3) is 22.2 Å². The van der Waals surface area contributed by atoms with Gasteiger partial charge in [-0.3, -0.25) is 0 Å². The zero-order valence-corrected chi connectivity index (χ0v) is 28.3. The van der Waals surface area contributed by atoms with Gasteiger partial charge in [0, 0.05) is 36.1 Å². The number of halogens is 2. The molecule has 3 aliphatic rings. The Morgan fingerprint density at radius 1 is 0.848 bits per heavy atom. The highest BCUT2D eigenvalue weighted by atomic mass is 35.5. The Bertz CT molecular complexity index is 1610. The molecule has 3 heterocycles. The minimum atomic E-state index is -0.878. The molecule has 46 heavy (non-hydrogen) atoms. The van der Waals surface area contributed by atoms with Crippen molar-refractivity contribution in [2.75, 3.05) is 44.2 Å². The van der Waals surface area contributed by atoms with Crippen LogP contribution >= 0.6 is 24.8 Å². The van der Waals surface area contributed by atoms with E-state index in [9.17, 15) is 9.90 Å². The maximum absolute atomic E-state index is 12.0. The van der Waals surface area contributed by atoms with E-state index in [4.69, 9.17) is 4.74 Å². The van der Waals surface area contributed by atoms with Crippen LogP contribution in [-0.2, 0) is 13.0 Å². The summed E-state index contributed by atoms with van der Waals surface area (Å²) in [7, 11) is 0. The molecule has 246 valence electrons. The fourth-order valence-electron chi connectivity index (χ4n) is 7.89. The summed E-state index contributed by atoms with van der Waals surface area (Å²) < 4.78 is 9.09. The lowest BCUT2D eigenvalue weighted by molar-refractivity contribution is 0.0697. The van der Waals surface area contributed by atoms with Crippen molar-refractivity contribution in [2.24, 2.45) is 0 Å². The number of anilines is 1. The van der Waals surface area contributed by atoms with Crippen LogP contribution in [-0.4, -0.2) is 59.9 Å². The van der Waals surface area contributed by atoms with Crippen molar-refractivity contribution < 1.29 is 14.6 Å². The first kappa shape index (κ1) is 34.2. The highest BCUT2D eigenvalue weighted by Gasteiger charge is 2.31. The lowest BCUT2D eigenvalue weighted by Crippen LogP contribution is -2.39. The summed E-state index contributed by atoms with van der Waals surface area (Å²) in [6, 6.07) is 23.2. The highest BCUT2D eigenvalue weighted by molar-refractivity contribution is 5.99. The van der Waals surface area contributed by atoms with Crippen molar-refractivity contribution in [3.63, 3.8) is 0 Å². The number of benzene rings is 3. The number of carboxylic acids is 1. The van der Waals surface area contributed by atoms with Crippen LogP contribution in [0.3, 0.4) is 0 Å². The zero-order valence-electron chi connectivity index (χ0n) is 26.7. The van der Waals surface area contributed by atoms with E-state index < -0.39 is 5.97 Å². The van der Waals surface area contributed by atoms with Crippen LogP contribution in [0.5, 0.6) is 5.75 Å². The van der Waals surface area contributed by atoms with Gasteiger partial charge in [0.25, 0.3) is 0 Å². The van der Waals surface area contributed by atoms with Crippen LogP contribution in [0.2, 0.25) is 0 Å². The molecule has 0 atom stereocenters. The molecule has 3 aromatic carbocycles. The molecular formula is C38H47Cl2N3O3. The van der Waals surface area contributed by atoms with Gasteiger partial charge in [-0.1, -0.05) is 68.1 Å². The largest absolute Gasteiger partial charge is 0.489 e. The van der Waals surface area contributed by atoms with E-state index in [2.05, 4.69) is 69.0 Å². The molecule has 0 unspecified atom stereocenters. The van der Waals surface area contributed by atoms with Gasteiger partial charge in [-0.05, 0) is 86.5 Å². The number of aromatic nitrogens is 1. The Balaban J connectivity index is 0.00000208. The van der Waals surface area contributed by atoms with Gasteiger partial charge < -0.3 is 24.2 Å². The minimum Gasteiger partial charge on any atom is -0.489 e. The number of likely N-dealkylation sites (tertiary alicyclic amines) is 1. The average molecular weight is 665 g/mol. The van der Waals surface area contributed by atoms with E-state index in [0.717, 1.165) is 42.9 Å². The fraction of sp³-hybridized carbons (Fsp3) is 0.447.